The number of hydrogen-bond acceptors (Lipinski definition) is 4. The Kier molecular flexibility index (Phi) is 5.06. The second-order valence-corrected chi connectivity index (χ2v) is 6.26. The number of rotatable bonds is 4. The van der Waals surface area contributed by atoms with E-state index in [0.717, 1.165) is 16.9 Å². The van der Waals surface area contributed by atoms with Crippen molar-refractivity contribution in [3.05, 3.63) is 46.2 Å². The highest BCUT2D eigenvalue weighted by atomic mass is 35.5. The minimum atomic E-state index is 0.0580. The Bertz CT molecular complexity index is 719. The fourth-order valence-electron chi connectivity index (χ4n) is 2.76. The number of carbonyl (C=O) groups excluding carboxylic acids is 1. The topological polar surface area (TPSA) is 59.4 Å². The average molecular weight is 349 g/mol. The van der Waals surface area contributed by atoms with Gasteiger partial charge in [0.05, 0.1) is 36.7 Å². The molecule has 1 aliphatic heterocycles. The lowest BCUT2D eigenvalue weighted by atomic mass is 10.1. The number of nitrogens with zero attached hydrogens (tertiary/aromatic N) is 3. The number of carbonyl (C=O) groups is 1. The van der Waals surface area contributed by atoms with Gasteiger partial charge in [0.25, 0.3) is 5.91 Å². The van der Waals surface area contributed by atoms with Gasteiger partial charge in [-0.1, -0.05) is 11.6 Å². The van der Waals surface area contributed by atoms with Crippen LogP contribution in [-0.4, -0.2) is 46.9 Å². The van der Waals surface area contributed by atoms with Crippen molar-refractivity contribution in [3.8, 4) is 0 Å². The maximum absolute atomic E-state index is 12.5. The highest BCUT2D eigenvalue weighted by Crippen LogP contribution is 2.21. The van der Waals surface area contributed by atoms with Gasteiger partial charge < -0.3 is 15.0 Å². The fraction of sp³-hybridized carbons (Fsp3) is 0.412. The van der Waals surface area contributed by atoms with Crippen LogP contribution in [0.4, 0.5) is 5.69 Å². The third kappa shape index (κ3) is 3.55. The summed E-state index contributed by atoms with van der Waals surface area (Å²) in [6, 6.07) is 5.72. The first kappa shape index (κ1) is 16.8. The van der Waals surface area contributed by atoms with E-state index in [1.54, 1.807) is 10.9 Å². The molecule has 1 aliphatic rings. The van der Waals surface area contributed by atoms with E-state index in [1.165, 1.54) is 0 Å². The van der Waals surface area contributed by atoms with Gasteiger partial charge in [-0.15, -0.1) is 0 Å². The van der Waals surface area contributed by atoms with Gasteiger partial charge in [-0.2, -0.15) is 5.10 Å². The molecular formula is C17H21ClN4O2. The molecule has 3 rings (SSSR count). The molecule has 128 valence electrons. The monoisotopic (exact) mass is 348 g/mol. The molecule has 0 radical (unpaired) electrons. The summed E-state index contributed by atoms with van der Waals surface area (Å²) in [5, 5.41) is 8.12. The van der Waals surface area contributed by atoms with E-state index >= 15 is 0 Å². The normalized spacial score (nSPS) is 14.7. The number of aromatic nitrogens is 2. The lowest BCUT2D eigenvalue weighted by Crippen LogP contribution is -2.40. The summed E-state index contributed by atoms with van der Waals surface area (Å²) in [6.07, 6.45) is 1.63. The Labute approximate surface area is 146 Å². The van der Waals surface area contributed by atoms with Crippen molar-refractivity contribution in [1.82, 2.24) is 14.7 Å². The Balaban J connectivity index is 1.69. The molecule has 2 aromatic rings. The van der Waals surface area contributed by atoms with Crippen molar-refractivity contribution in [2.45, 2.75) is 13.5 Å². The van der Waals surface area contributed by atoms with Crippen LogP contribution in [0.3, 0.4) is 0 Å². The van der Waals surface area contributed by atoms with Gasteiger partial charge in [-0.05, 0) is 30.7 Å². The van der Waals surface area contributed by atoms with Crippen molar-refractivity contribution >= 4 is 23.2 Å². The predicted molar refractivity (Wildman–Crippen MR) is 93.4 cm³/mol. The summed E-state index contributed by atoms with van der Waals surface area (Å²) < 4.78 is 7.04. The molecule has 0 spiro atoms. The number of benzene rings is 1. The molecule has 6 nitrogen and oxygen atoms in total. The molecule has 1 aromatic carbocycles. The lowest BCUT2D eigenvalue weighted by molar-refractivity contribution is 0.0303. The number of ether oxygens (including phenoxy) is 1. The van der Waals surface area contributed by atoms with Crippen LogP contribution in [0.25, 0.3) is 0 Å². The first-order chi connectivity index (χ1) is 11.6. The molecule has 24 heavy (non-hydrogen) atoms. The van der Waals surface area contributed by atoms with Gasteiger partial charge in [-0.3, -0.25) is 9.48 Å². The van der Waals surface area contributed by atoms with E-state index < -0.39 is 0 Å². The Morgan fingerprint density at radius 1 is 1.38 bits per heavy atom. The number of aryl methyl sites for hydroxylation is 2. The van der Waals surface area contributed by atoms with Crippen LogP contribution in [0.1, 0.15) is 21.6 Å². The van der Waals surface area contributed by atoms with Crippen LogP contribution in [0, 0.1) is 6.92 Å². The van der Waals surface area contributed by atoms with Crippen LogP contribution in [0.2, 0.25) is 5.02 Å². The smallest absolute Gasteiger partial charge is 0.254 e. The van der Waals surface area contributed by atoms with Crippen LogP contribution in [0.15, 0.2) is 24.4 Å². The van der Waals surface area contributed by atoms with Gasteiger partial charge in [0.1, 0.15) is 0 Å². The van der Waals surface area contributed by atoms with Crippen molar-refractivity contribution in [3.63, 3.8) is 0 Å². The van der Waals surface area contributed by atoms with Gasteiger partial charge in [0.2, 0.25) is 0 Å². The van der Waals surface area contributed by atoms with E-state index in [9.17, 15) is 4.79 Å². The zero-order valence-electron chi connectivity index (χ0n) is 13.9. The standard InChI is InChI=1S/C17H21ClN4O2/c1-12-9-13(17(23)22-5-7-24-8-6-22)3-4-15(12)19-11-16-14(18)10-20-21(16)2/h3-4,9-10,19H,5-8,11H2,1-2H3. The van der Waals surface area contributed by atoms with Crippen molar-refractivity contribution < 1.29 is 9.53 Å². The Morgan fingerprint density at radius 3 is 2.75 bits per heavy atom. The first-order valence-electron chi connectivity index (χ1n) is 7.94. The van der Waals surface area contributed by atoms with Crippen molar-refractivity contribution in [2.75, 3.05) is 31.6 Å². The predicted octanol–water partition coefficient (Wildman–Crippen LogP) is 2.47. The highest BCUT2D eigenvalue weighted by molar-refractivity contribution is 6.31. The lowest BCUT2D eigenvalue weighted by Gasteiger charge is -2.27. The summed E-state index contributed by atoms with van der Waals surface area (Å²) in [4.78, 5) is 14.4. The molecule has 0 unspecified atom stereocenters. The molecule has 0 atom stereocenters. The zero-order chi connectivity index (χ0) is 17.1. The number of hydrogen-bond donors (Lipinski definition) is 1. The Hall–Kier alpha value is -2.05. The highest BCUT2D eigenvalue weighted by Gasteiger charge is 2.19. The van der Waals surface area contributed by atoms with Crippen molar-refractivity contribution in [2.24, 2.45) is 7.05 Å². The summed E-state index contributed by atoms with van der Waals surface area (Å²) >= 11 is 6.12. The molecule has 1 aromatic heterocycles. The van der Waals surface area contributed by atoms with Gasteiger partial charge >= 0.3 is 0 Å². The molecule has 0 saturated carbocycles. The van der Waals surface area contributed by atoms with Gasteiger partial charge in [-0.25, -0.2) is 0 Å². The van der Waals surface area contributed by atoms with Crippen LogP contribution in [-0.2, 0) is 18.3 Å². The molecule has 1 saturated heterocycles. The number of morpholine rings is 1. The Morgan fingerprint density at radius 2 is 2.12 bits per heavy atom. The second-order valence-electron chi connectivity index (χ2n) is 5.85. The van der Waals surface area contributed by atoms with E-state index in [-0.39, 0.29) is 5.91 Å². The van der Waals surface area contributed by atoms with Gasteiger partial charge in [0.15, 0.2) is 0 Å². The van der Waals surface area contributed by atoms with Crippen LogP contribution in [0.5, 0.6) is 0 Å². The molecule has 1 amide bonds. The van der Waals surface area contributed by atoms with E-state index in [0.29, 0.717) is 43.4 Å². The number of nitrogens with one attached hydrogen (secondary N) is 1. The fourth-order valence-corrected chi connectivity index (χ4v) is 2.99. The average Bonchev–Trinajstić information content (AvgIpc) is 2.92. The SMILES string of the molecule is Cc1cc(C(=O)N2CCOCC2)ccc1NCc1c(Cl)cnn1C. The molecule has 7 heteroatoms. The van der Waals surface area contributed by atoms with Crippen LogP contribution < -0.4 is 5.32 Å². The number of halogens is 1. The summed E-state index contributed by atoms with van der Waals surface area (Å²) in [5.74, 6) is 0.0580. The molecule has 1 fully saturated rings. The maximum atomic E-state index is 12.5. The molecule has 0 aliphatic carbocycles. The molecule has 2 heterocycles. The molecule has 0 bridgehead atoms. The quantitative estimate of drug-likeness (QED) is 0.922. The van der Waals surface area contributed by atoms with Gasteiger partial charge in [0, 0.05) is 31.4 Å². The molecular weight excluding hydrogens is 328 g/mol. The summed E-state index contributed by atoms with van der Waals surface area (Å²) in [7, 11) is 1.86. The first-order valence-corrected chi connectivity index (χ1v) is 8.32. The third-order valence-electron chi connectivity index (χ3n) is 4.23. The largest absolute Gasteiger partial charge is 0.379 e. The van der Waals surface area contributed by atoms with Crippen LogP contribution >= 0.6 is 11.6 Å². The maximum Gasteiger partial charge on any atom is 0.254 e. The van der Waals surface area contributed by atoms with Crippen molar-refractivity contribution in [1.29, 1.82) is 0 Å². The second kappa shape index (κ2) is 7.23. The minimum Gasteiger partial charge on any atom is -0.379 e. The summed E-state index contributed by atoms with van der Waals surface area (Å²) in [5.41, 5.74) is 3.63. The van der Waals surface area contributed by atoms with E-state index in [1.807, 2.05) is 37.1 Å². The third-order valence-corrected chi connectivity index (χ3v) is 4.54. The van der Waals surface area contributed by atoms with E-state index in [2.05, 4.69) is 10.4 Å². The minimum absolute atomic E-state index is 0.0580. The summed E-state index contributed by atoms with van der Waals surface area (Å²) in [6.45, 7) is 5.08. The molecule has 1 N–H and O–H groups in total. The number of amides is 1. The zero-order valence-corrected chi connectivity index (χ0v) is 14.6. The number of anilines is 1. The van der Waals surface area contributed by atoms with E-state index in [4.69, 9.17) is 16.3 Å².